The maximum absolute atomic E-state index is 14.0. The van der Waals surface area contributed by atoms with Crippen molar-refractivity contribution in [2.75, 3.05) is 64.3 Å². The molecule has 3 saturated heterocycles. The number of carbonyl (C=O) groups excluding carboxylic acids is 3. The van der Waals surface area contributed by atoms with E-state index in [0.29, 0.717) is 58.9 Å². The quantitative estimate of drug-likeness (QED) is 0.446. The van der Waals surface area contributed by atoms with Gasteiger partial charge in [-0.15, -0.1) is 0 Å². The number of anilines is 1. The molecule has 0 aliphatic carbocycles. The molecule has 0 saturated carbocycles. The van der Waals surface area contributed by atoms with Gasteiger partial charge < -0.3 is 34.6 Å². The molecule has 0 radical (unpaired) electrons. The number of hydrogen-bond donors (Lipinski definition) is 2. The van der Waals surface area contributed by atoms with Crippen molar-refractivity contribution in [1.82, 2.24) is 19.6 Å². The molecular formula is C35H48BN5O6. The molecule has 252 valence electrons. The standard InChI is InChI=1S/C35H48BN5O6/c1-24-21-25(22-29(36-2)32(24)42)23-31(33(43)39-12-8-27(9-13-39)38-17-19-46-20-18-38)47-35(45)40-14-10-28(11-15-40)41-16-7-26-5-3-4-6-30(26)37-34(41)44/h3-6,21-22,27-28,31,36,42H,7-20,23H2,1-2H3,(H,37,44)/t31-/m1/s1. The number of amides is 4. The summed E-state index contributed by atoms with van der Waals surface area (Å²) in [6.07, 6.45) is 2.61. The van der Waals surface area contributed by atoms with Gasteiger partial charge in [0.1, 0.15) is 5.75 Å². The monoisotopic (exact) mass is 645 g/mol. The average Bonchev–Trinajstić information content (AvgIpc) is 3.27. The number of likely N-dealkylation sites (tertiary alicyclic amines) is 2. The minimum absolute atomic E-state index is 0.0194. The number of phenolic OH excluding ortho intramolecular Hbond substituents is 1. The molecule has 4 amide bonds. The molecule has 0 bridgehead atoms. The largest absolute Gasteiger partial charge is 0.508 e. The zero-order chi connectivity index (χ0) is 32.9. The SMILES string of the molecule is CBc1cc(C[C@@H](OC(=O)N2CCC(N3CCc4ccccc4NC3=O)CC2)C(=O)N2CCC(N3CCOCC3)CC2)cc(C)c1O. The van der Waals surface area contributed by atoms with E-state index in [0.717, 1.165) is 73.4 Å². The smallest absolute Gasteiger partial charge is 0.410 e. The zero-order valence-electron chi connectivity index (χ0n) is 27.8. The molecule has 11 nitrogen and oxygen atoms in total. The van der Waals surface area contributed by atoms with Gasteiger partial charge in [-0.1, -0.05) is 37.2 Å². The Morgan fingerprint density at radius 2 is 1.66 bits per heavy atom. The minimum atomic E-state index is -0.969. The molecule has 2 aromatic carbocycles. The number of morpholine rings is 1. The van der Waals surface area contributed by atoms with Gasteiger partial charge in [-0.2, -0.15) is 0 Å². The van der Waals surface area contributed by atoms with Crippen LogP contribution in [0.5, 0.6) is 5.75 Å². The number of hydrogen-bond acceptors (Lipinski definition) is 7. The third-order valence-electron chi connectivity index (χ3n) is 10.4. The maximum atomic E-state index is 14.0. The van der Waals surface area contributed by atoms with Crippen LogP contribution in [0.25, 0.3) is 0 Å². The second kappa shape index (κ2) is 15.0. The number of benzene rings is 2. The fraction of sp³-hybridized carbons (Fsp3) is 0.571. The van der Waals surface area contributed by atoms with Crippen molar-refractivity contribution in [2.45, 2.75) is 70.5 Å². The molecule has 4 aliphatic rings. The van der Waals surface area contributed by atoms with Crippen LogP contribution in [0.1, 0.15) is 42.4 Å². The van der Waals surface area contributed by atoms with Crippen LogP contribution in [-0.4, -0.2) is 127 Å². The number of carbonyl (C=O) groups is 3. The average molecular weight is 646 g/mol. The van der Waals surface area contributed by atoms with Gasteiger partial charge >= 0.3 is 12.1 Å². The summed E-state index contributed by atoms with van der Waals surface area (Å²) in [5.74, 6) is 0.101. The van der Waals surface area contributed by atoms with E-state index in [9.17, 15) is 19.5 Å². The van der Waals surface area contributed by atoms with Gasteiger partial charge in [0.25, 0.3) is 5.91 Å². The van der Waals surface area contributed by atoms with Gasteiger partial charge in [0.15, 0.2) is 13.4 Å². The van der Waals surface area contributed by atoms with Crippen LogP contribution in [0.15, 0.2) is 36.4 Å². The van der Waals surface area contributed by atoms with Crippen molar-refractivity contribution in [3.8, 4) is 5.75 Å². The summed E-state index contributed by atoms with van der Waals surface area (Å²) in [7, 11) is 0.657. The van der Waals surface area contributed by atoms with Crippen molar-refractivity contribution >= 4 is 36.5 Å². The molecule has 0 unspecified atom stereocenters. The highest BCUT2D eigenvalue weighted by Crippen LogP contribution is 2.26. The highest BCUT2D eigenvalue weighted by molar-refractivity contribution is 6.53. The first-order valence-electron chi connectivity index (χ1n) is 17.3. The predicted octanol–water partition coefficient (Wildman–Crippen LogP) is 2.74. The van der Waals surface area contributed by atoms with Crippen molar-refractivity contribution in [1.29, 1.82) is 0 Å². The van der Waals surface area contributed by atoms with Gasteiger partial charge in [0, 0.05) is 70.0 Å². The first-order chi connectivity index (χ1) is 22.8. The highest BCUT2D eigenvalue weighted by atomic mass is 16.6. The van der Waals surface area contributed by atoms with Crippen molar-refractivity contribution < 1.29 is 29.0 Å². The molecule has 12 heteroatoms. The van der Waals surface area contributed by atoms with E-state index >= 15 is 0 Å². The van der Waals surface area contributed by atoms with E-state index in [4.69, 9.17) is 9.47 Å². The summed E-state index contributed by atoms with van der Waals surface area (Å²) < 4.78 is 11.6. The van der Waals surface area contributed by atoms with Crippen LogP contribution in [0.4, 0.5) is 15.3 Å². The number of nitrogens with zero attached hydrogens (tertiary/aromatic N) is 4. The van der Waals surface area contributed by atoms with Crippen LogP contribution in [0.3, 0.4) is 0 Å². The Labute approximate surface area is 278 Å². The van der Waals surface area contributed by atoms with Crippen LogP contribution >= 0.6 is 0 Å². The van der Waals surface area contributed by atoms with Gasteiger partial charge in [-0.3, -0.25) is 9.69 Å². The molecule has 0 spiro atoms. The second-order valence-corrected chi connectivity index (χ2v) is 13.3. The van der Waals surface area contributed by atoms with Crippen LogP contribution in [0, 0.1) is 6.92 Å². The number of urea groups is 1. The molecule has 2 aromatic rings. The topological polar surface area (TPSA) is 115 Å². The van der Waals surface area contributed by atoms with Gasteiger partial charge in [-0.25, -0.2) is 9.59 Å². The van der Waals surface area contributed by atoms with Crippen molar-refractivity contribution in [3.05, 3.63) is 53.1 Å². The zero-order valence-corrected chi connectivity index (χ0v) is 27.8. The lowest BCUT2D eigenvalue weighted by atomic mass is 9.71. The summed E-state index contributed by atoms with van der Waals surface area (Å²) in [4.78, 5) is 48.6. The number of aryl methyl sites for hydroxylation is 1. The fourth-order valence-corrected chi connectivity index (χ4v) is 7.61. The van der Waals surface area contributed by atoms with E-state index in [2.05, 4.69) is 10.2 Å². The lowest BCUT2D eigenvalue weighted by Gasteiger charge is -2.41. The maximum Gasteiger partial charge on any atom is 0.410 e. The third kappa shape index (κ3) is 7.70. The Kier molecular flexibility index (Phi) is 10.6. The molecule has 3 fully saturated rings. The molecule has 2 N–H and O–H groups in total. The first-order valence-corrected chi connectivity index (χ1v) is 17.3. The molecule has 0 aromatic heterocycles. The minimum Gasteiger partial charge on any atom is -0.508 e. The number of piperidine rings is 2. The number of aromatic hydroxyl groups is 1. The predicted molar refractivity (Wildman–Crippen MR) is 182 cm³/mol. The number of fused-ring (bicyclic) bond motifs is 1. The van der Waals surface area contributed by atoms with Crippen LogP contribution in [-0.2, 0) is 27.1 Å². The molecule has 47 heavy (non-hydrogen) atoms. The lowest BCUT2D eigenvalue weighted by Crippen LogP contribution is -2.53. The summed E-state index contributed by atoms with van der Waals surface area (Å²) in [6, 6.07) is 12.0. The van der Waals surface area contributed by atoms with Gasteiger partial charge in [-0.05, 0) is 67.2 Å². The normalized spacial score (nSPS) is 20.6. The molecule has 4 aliphatic heterocycles. The summed E-state index contributed by atoms with van der Waals surface area (Å²) >= 11 is 0. The second-order valence-electron chi connectivity index (χ2n) is 13.3. The Morgan fingerprint density at radius 3 is 2.38 bits per heavy atom. The molecule has 6 rings (SSSR count). The lowest BCUT2D eigenvalue weighted by molar-refractivity contribution is -0.142. The number of para-hydroxylation sites is 1. The highest BCUT2D eigenvalue weighted by Gasteiger charge is 2.36. The third-order valence-corrected chi connectivity index (χ3v) is 10.4. The first kappa shape index (κ1) is 33.1. The van der Waals surface area contributed by atoms with Gasteiger partial charge in [0.05, 0.1) is 13.2 Å². The van der Waals surface area contributed by atoms with E-state index in [1.54, 1.807) is 4.90 Å². The summed E-state index contributed by atoms with van der Waals surface area (Å²) in [5, 5.41) is 13.6. The summed E-state index contributed by atoms with van der Waals surface area (Å²) in [5.41, 5.74) is 4.40. The molecule has 1 atom stereocenters. The Bertz CT molecular complexity index is 1440. The number of ether oxygens (including phenoxy) is 2. The van der Waals surface area contributed by atoms with E-state index < -0.39 is 12.2 Å². The van der Waals surface area contributed by atoms with E-state index in [1.807, 2.05) is 59.9 Å². The number of rotatable bonds is 7. The summed E-state index contributed by atoms with van der Waals surface area (Å²) in [6.45, 7) is 9.95. The van der Waals surface area contributed by atoms with E-state index in [1.165, 1.54) is 0 Å². The van der Waals surface area contributed by atoms with Crippen molar-refractivity contribution in [2.24, 2.45) is 0 Å². The molecule has 4 heterocycles. The number of nitrogens with one attached hydrogen (secondary N) is 1. The Hall–Kier alpha value is -3.77. The Balaban J connectivity index is 1.10. The molecular weight excluding hydrogens is 597 g/mol. The van der Waals surface area contributed by atoms with Crippen LogP contribution in [0.2, 0.25) is 6.82 Å². The Morgan fingerprint density at radius 1 is 0.979 bits per heavy atom. The van der Waals surface area contributed by atoms with Crippen LogP contribution < -0.4 is 10.8 Å². The fourth-order valence-electron chi connectivity index (χ4n) is 7.61. The van der Waals surface area contributed by atoms with E-state index in [-0.39, 0.29) is 30.2 Å². The number of phenols is 1. The van der Waals surface area contributed by atoms with Crippen molar-refractivity contribution in [3.63, 3.8) is 0 Å². The van der Waals surface area contributed by atoms with Gasteiger partial charge in [0.2, 0.25) is 0 Å².